The van der Waals surface area contributed by atoms with Crippen LogP contribution in [0.2, 0.25) is 0 Å². The van der Waals surface area contributed by atoms with E-state index < -0.39 is 11.9 Å². The van der Waals surface area contributed by atoms with Gasteiger partial charge in [-0.15, -0.1) is 0 Å². The number of carbonyl (C=O) groups is 2. The second-order valence-corrected chi connectivity index (χ2v) is 8.08. The number of primary amides is 1. The van der Waals surface area contributed by atoms with E-state index in [2.05, 4.69) is 9.88 Å². The van der Waals surface area contributed by atoms with Crippen molar-refractivity contribution in [2.24, 2.45) is 11.7 Å². The van der Waals surface area contributed by atoms with Gasteiger partial charge >= 0.3 is 0 Å². The monoisotopic (exact) mass is 404 g/mol. The number of hydrogen-bond acceptors (Lipinski definition) is 5. The van der Waals surface area contributed by atoms with Gasteiger partial charge in [0, 0.05) is 32.0 Å². The highest BCUT2D eigenvalue weighted by Crippen LogP contribution is 2.30. The van der Waals surface area contributed by atoms with Crippen molar-refractivity contribution >= 4 is 28.9 Å². The van der Waals surface area contributed by atoms with Crippen molar-refractivity contribution in [1.29, 1.82) is 0 Å². The summed E-state index contributed by atoms with van der Waals surface area (Å²) in [6.07, 6.45) is 1.88. The molecule has 2 aliphatic rings. The first-order valence-corrected chi connectivity index (χ1v) is 10.4. The third kappa shape index (κ3) is 3.30. The van der Waals surface area contributed by atoms with Crippen LogP contribution in [0.25, 0.3) is 11.1 Å². The summed E-state index contributed by atoms with van der Waals surface area (Å²) in [6, 6.07) is 15.7. The molecule has 2 N–H and O–H groups in total. The fourth-order valence-electron chi connectivity index (χ4n) is 4.56. The molecule has 3 aromatic rings. The van der Waals surface area contributed by atoms with Crippen LogP contribution < -0.4 is 10.6 Å². The summed E-state index contributed by atoms with van der Waals surface area (Å²) in [4.78, 5) is 33.7. The lowest BCUT2D eigenvalue weighted by molar-refractivity contribution is -0.144. The zero-order chi connectivity index (χ0) is 20.7. The molecule has 2 amide bonds. The van der Waals surface area contributed by atoms with Gasteiger partial charge in [0.1, 0.15) is 11.6 Å². The fourth-order valence-corrected chi connectivity index (χ4v) is 4.56. The molecular weight excluding hydrogens is 380 g/mol. The third-order valence-electron chi connectivity index (χ3n) is 6.26. The molecule has 0 saturated carbocycles. The summed E-state index contributed by atoms with van der Waals surface area (Å²) < 4.78 is 5.87. The van der Waals surface area contributed by atoms with Crippen molar-refractivity contribution in [1.82, 2.24) is 9.88 Å². The molecule has 0 radical (unpaired) electrons. The van der Waals surface area contributed by atoms with Crippen LogP contribution in [0.1, 0.15) is 24.0 Å². The number of para-hydroxylation sites is 2. The topological polar surface area (TPSA) is 92.7 Å². The second kappa shape index (κ2) is 7.48. The van der Waals surface area contributed by atoms with E-state index in [1.807, 2.05) is 48.5 Å². The molecule has 3 heterocycles. The first-order chi connectivity index (χ1) is 14.6. The van der Waals surface area contributed by atoms with Crippen LogP contribution in [0.5, 0.6) is 0 Å². The van der Waals surface area contributed by atoms with Crippen LogP contribution in [0.3, 0.4) is 0 Å². The lowest BCUT2D eigenvalue weighted by Crippen LogP contribution is -2.53. The van der Waals surface area contributed by atoms with Gasteiger partial charge in [-0.05, 0) is 36.1 Å². The van der Waals surface area contributed by atoms with Gasteiger partial charge in [-0.25, -0.2) is 0 Å². The Bertz CT molecular complexity index is 1070. The number of benzene rings is 2. The Balaban J connectivity index is 1.29. The number of amides is 2. The minimum Gasteiger partial charge on any atom is -0.423 e. The number of carbonyl (C=O) groups excluding carboxylic acids is 2. The van der Waals surface area contributed by atoms with Gasteiger partial charge in [-0.3, -0.25) is 9.59 Å². The molecule has 7 heteroatoms. The van der Waals surface area contributed by atoms with E-state index in [-0.39, 0.29) is 11.8 Å². The molecule has 7 nitrogen and oxygen atoms in total. The minimum atomic E-state index is -0.581. The van der Waals surface area contributed by atoms with E-state index >= 15 is 0 Å². The predicted octanol–water partition coefficient (Wildman–Crippen LogP) is 2.48. The summed E-state index contributed by atoms with van der Waals surface area (Å²) >= 11 is 0. The first-order valence-electron chi connectivity index (χ1n) is 10.4. The maximum Gasteiger partial charge on any atom is 0.298 e. The summed E-state index contributed by atoms with van der Waals surface area (Å²) in [7, 11) is 0. The van der Waals surface area contributed by atoms with E-state index in [0.717, 1.165) is 22.2 Å². The number of oxazole rings is 1. The first kappa shape index (κ1) is 18.7. The van der Waals surface area contributed by atoms with Crippen LogP contribution in [-0.4, -0.2) is 40.8 Å². The summed E-state index contributed by atoms with van der Waals surface area (Å²) in [5, 5.41) is 0. The molecule has 0 bridgehead atoms. The average molecular weight is 404 g/mol. The van der Waals surface area contributed by atoms with Crippen LogP contribution >= 0.6 is 0 Å². The van der Waals surface area contributed by atoms with Crippen LogP contribution in [0.15, 0.2) is 52.9 Å². The van der Waals surface area contributed by atoms with Crippen LogP contribution in [0, 0.1) is 5.92 Å². The molecule has 1 atom stereocenters. The summed E-state index contributed by atoms with van der Waals surface area (Å²) in [5.41, 5.74) is 9.44. The van der Waals surface area contributed by atoms with E-state index in [1.165, 1.54) is 0 Å². The maximum atomic E-state index is 13.3. The van der Waals surface area contributed by atoms with Crippen molar-refractivity contribution in [3.8, 4) is 0 Å². The highest BCUT2D eigenvalue weighted by Gasteiger charge is 2.37. The smallest absolute Gasteiger partial charge is 0.298 e. The van der Waals surface area contributed by atoms with Gasteiger partial charge in [0.05, 0.1) is 0 Å². The normalized spacial score (nSPS) is 19.7. The van der Waals surface area contributed by atoms with Gasteiger partial charge in [0.15, 0.2) is 5.58 Å². The van der Waals surface area contributed by atoms with E-state index in [4.69, 9.17) is 10.2 Å². The number of anilines is 1. The average Bonchev–Trinajstić information content (AvgIpc) is 3.22. The van der Waals surface area contributed by atoms with Gasteiger partial charge in [0.2, 0.25) is 11.8 Å². The van der Waals surface area contributed by atoms with E-state index in [0.29, 0.717) is 44.9 Å². The van der Waals surface area contributed by atoms with E-state index in [1.54, 1.807) is 4.90 Å². The maximum absolute atomic E-state index is 13.3. The predicted molar refractivity (Wildman–Crippen MR) is 113 cm³/mol. The lowest BCUT2D eigenvalue weighted by Gasteiger charge is -2.39. The summed E-state index contributed by atoms with van der Waals surface area (Å²) in [5.74, 6) is -0.551. The molecule has 30 heavy (non-hydrogen) atoms. The van der Waals surface area contributed by atoms with Gasteiger partial charge in [0.25, 0.3) is 6.01 Å². The quantitative estimate of drug-likeness (QED) is 0.724. The zero-order valence-electron chi connectivity index (χ0n) is 16.7. The largest absolute Gasteiger partial charge is 0.423 e. The molecule has 0 aliphatic carbocycles. The molecule has 0 spiro atoms. The van der Waals surface area contributed by atoms with E-state index in [9.17, 15) is 9.59 Å². The van der Waals surface area contributed by atoms with Crippen LogP contribution in [0.4, 0.5) is 6.01 Å². The van der Waals surface area contributed by atoms with Crippen molar-refractivity contribution < 1.29 is 14.0 Å². The highest BCUT2D eigenvalue weighted by atomic mass is 16.4. The molecule has 2 aromatic carbocycles. The molecule has 1 saturated heterocycles. The van der Waals surface area contributed by atoms with Crippen molar-refractivity contribution in [3.05, 3.63) is 59.7 Å². The Morgan fingerprint density at radius 3 is 2.43 bits per heavy atom. The van der Waals surface area contributed by atoms with Crippen LogP contribution in [-0.2, 0) is 22.6 Å². The number of rotatable bonds is 3. The van der Waals surface area contributed by atoms with Crippen molar-refractivity contribution in [2.75, 3.05) is 18.0 Å². The highest BCUT2D eigenvalue weighted by molar-refractivity contribution is 5.88. The standard InChI is InChI=1S/C23H24N4O3/c24-21(28)19-13-16-5-1-2-6-17(16)14-27(19)22(29)15-9-11-26(12-10-15)23-25-18-7-3-4-8-20(18)30-23/h1-8,15,19H,9-14H2,(H2,24,28)/t19-/m0/s1. The van der Waals surface area contributed by atoms with Gasteiger partial charge in [-0.1, -0.05) is 36.4 Å². The SMILES string of the molecule is NC(=O)[C@@H]1Cc2ccccc2CN1C(=O)C1CCN(c2nc3ccccc3o2)CC1. The molecule has 5 rings (SSSR count). The molecule has 2 aliphatic heterocycles. The number of piperidine rings is 1. The fraction of sp³-hybridized carbons (Fsp3) is 0.348. The van der Waals surface area contributed by atoms with Gasteiger partial charge in [-0.2, -0.15) is 4.98 Å². The lowest BCUT2D eigenvalue weighted by atomic mass is 9.89. The third-order valence-corrected chi connectivity index (χ3v) is 6.26. The van der Waals surface area contributed by atoms with Crippen molar-refractivity contribution in [3.63, 3.8) is 0 Å². The summed E-state index contributed by atoms with van der Waals surface area (Å²) in [6.45, 7) is 1.82. The second-order valence-electron chi connectivity index (χ2n) is 8.08. The minimum absolute atomic E-state index is 0.0190. The molecule has 1 fully saturated rings. The Labute approximate surface area is 174 Å². The number of fused-ring (bicyclic) bond motifs is 2. The zero-order valence-corrected chi connectivity index (χ0v) is 16.7. The van der Waals surface area contributed by atoms with Crippen molar-refractivity contribution in [2.45, 2.75) is 31.8 Å². The molecular formula is C23H24N4O3. The molecule has 154 valence electrons. The Kier molecular flexibility index (Phi) is 4.65. The molecule has 1 aromatic heterocycles. The number of hydrogen-bond donors (Lipinski definition) is 1. The Morgan fingerprint density at radius 1 is 1.00 bits per heavy atom. The van der Waals surface area contributed by atoms with Gasteiger partial charge < -0.3 is 20.0 Å². The molecule has 0 unspecified atom stereocenters. The Morgan fingerprint density at radius 2 is 1.70 bits per heavy atom. The number of nitrogens with zero attached hydrogens (tertiary/aromatic N) is 3. The number of nitrogens with two attached hydrogens (primary N) is 1. The Hall–Kier alpha value is -3.35. The number of aromatic nitrogens is 1.